The second-order valence-electron chi connectivity index (χ2n) is 5.52. The fourth-order valence-electron chi connectivity index (χ4n) is 2.42. The summed E-state index contributed by atoms with van der Waals surface area (Å²) >= 11 is -2.01. The smallest absolute Gasteiger partial charge is 0.363 e. The van der Waals surface area contributed by atoms with Crippen molar-refractivity contribution in [1.82, 2.24) is 3.89 Å². The molecule has 0 radical (unpaired) electrons. The summed E-state index contributed by atoms with van der Waals surface area (Å²) in [4.78, 5) is 0. The van der Waals surface area contributed by atoms with E-state index in [1.807, 2.05) is 6.92 Å². The molecule has 0 saturated heterocycles. The van der Waals surface area contributed by atoms with Gasteiger partial charge in [0.25, 0.3) is 0 Å². The van der Waals surface area contributed by atoms with Crippen molar-refractivity contribution in [1.29, 1.82) is 0 Å². The van der Waals surface area contributed by atoms with Crippen LogP contribution in [0.5, 0.6) is 0 Å². The van der Waals surface area contributed by atoms with Crippen molar-refractivity contribution in [3.05, 3.63) is 17.7 Å². The standard InChI is InChI=1S/C15H27N3O2S/c1-4-6-8-18(21(19)20,9-7-5-2)13-10-14(16)12(3)15(17)11-13/h10-11H,4-9,16-17H2,1-3H3/p+1. The normalized spacial score (nSPS) is 13.3. The molecule has 1 aromatic rings. The minimum absolute atomic E-state index is 0.0242. The molecule has 0 aromatic heterocycles. The van der Waals surface area contributed by atoms with Crippen molar-refractivity contribution < 1.29 is 8.76 Å². The number of nitrogens with two attached hydrogens (primary N) is 2. The van der Waals surface area contributed by atoms with Crippen LogP contribution >= 0.6 is 0 Å². The number of anilines is 2. The lowest BCUT2D eigenvalue weighted by Crippen LogP contribution is -2.52. The summed E-state index contributed by atoms with van der Waals surface area (Å²) in [5.41, 5.74) is 14.7. The highest BCUT2D eigenvalue weighted by Gasteiger charge is 2.37. The molecule has 0 spiro atoms. The molecule has 0 fully saturated rings. The predicted octanol–water partition coefficient (Wildman–Crippen LogP) is 3.20. The zero-order valence-corrected chi connectivity index (χ0v) is 14.1. The Morgan fingerprint density at radius 2 is 1.52 bits per heavy atom. The van der Waals surface area contributed by atoms with Gasteiger partial charge >= 0.3 is 11.3 Å². The average molecular weight is 314 g/mol. The molecular formula is C15H28N3O2S+. The van der Waals surface area contributed by atoms with Crippen LogP contribution in [0.15, 0.2) is 12.1 Å². The molecule has 120 valence electrons. The Kier molecular flexibility index (Phi) is 6.64. The van der Waals surface area contributed by atoms with E-state index in [4.69, 9.17) is 11.5 Å². The van der Waals surface area contributed by atoms with Gasteiger partial charge in [-0.3, -0.25) is 4.55 Å². The highest BCUT2D eigenvalue weighted by molar-refractivity contribution is 7.78. The third kappa shape index (κ3) is 3.96. The first-order valence-corrected chi connectivity index (χ1v) is 8.60. The molecule has 6 heteroatoms. The lowest BCUT2D eigenvalue weighted by molar-refractivity contribution is 0.377. The maximum Gasteiger partial charge on any atom is 0.363 e. The molecule has 0 aliphatic rings. The molecule has 0 aliphatic carbocycles. The van der Waals surface area contributed by atoms with E-state index in [0.29, 0.717) is 24.5 Å². The van der Waals surface area contributed by atoms with Gasteiger partial charge in [-0.2, -0.15) is 8.10 Å². The van der Waals surface area contributed by atoms with Crippen LogP contribution in [0.25, 0.3) is 0 Å². The minimum Gasteiger partial charge on any atom is -0.398 e. The number of rotatable bonds is 8. The highest BCUT2D eigenvalue weighted by Crippen LogP contribution is 2.33. The molecule has 0 heterocycles. The van der Waals surface area contributed by atoms with Gasteiger partial charge in [-0.25, -0.2) is 0 Å². The maximum absolute atomic E-state index is 12.1. The lowest BCUT2D eigenvalue weighted by Gasteiger charge is -2.33. The van der Waals surface area contributed by atoms with Crippen molar-refractivity contribution in [2.24, 2.45) is 0 Å². The molecule has 5 nitrogen and oxygen atoms in total. The van der Waals surface area contributed by atoms with E-state index in [-0.39, 0.29) is 3.89 Å². The van der Waals surface area contributed by atoms with Gasteiger partial charge in [0.2, 0.25) is 0 Å². The summed E-state index contributed by atoms with van der Waals surface area (Å²) < 4.78 is 22.2. The van der Waals surface area contributed by atoms with Crippen LogP contribution in [0.2, 0.25) is 0 Å². The van der Waals surface area contributed by atoms with E-state index >= 15 is 0 Å². The second kappa shape index (κ2) is 7.77. The monoisotopic (exact) mass is 314 g/mol. The number of hydrogen-bond acceptors (Lipinski definition) is 3. The van der Waals surface area contributed by atoms with Gasteiger partial charge in [0.1, 0.15) is 0 Å². The second-order valence-corrected chi connectivity index (χ2v) is 6.68. The Balaban J connectivity index is 3.35. The van der Waals surface area contributed by atoms with E-state index in [0.717, 1.165) is 36.9 Å². The Labute approximate surface area is 130 Å². The topological polar surface area (TPSA) is 89.3 Å². The third-order valence-electron chi connectivity index (χ3n) is 3.99. The number of nitrogens with zero attached hydrogens (tertiary/aromatic N) is 1. The molecule has 0 aliphatic heterocycles. The summed E-state index contributed by atoms with van der Waals surface area (Å²) in [6, 6.07) is 3.59. The van der Waals surface area contributed by atoms with Gasteiger partial charge in [0.15, 0.2) is 5.69 Å². The molecule has 0 bridgehead atoms. The zero-order chi connectivity index (χ0) is 16.0. The van der Waals surface area contributed by atoms with E-state index in [2.05, 4.69) is 13.8 Å². The number of nitrogen functional groups attached to an aromatic ring is 2. The Hall–Kier alpha value is -1.11. The number of benzene rings is 1. The fourth-order valence-corrected chi connectivity index (χ4v) is 3.28. The molecule has 1 aromatic carbocycles. The summed E-state index contributed by atoms with van der Waals surface area (Å²) in [5, 5.41) is 0. The number of hydrogen-bond donors (Lipinski definition) is 3. The van der Waals surface area contributed by atoms with Crippen molar-refractivity contribution in [3.8, 4) is 0 Å². The first-order chi connectivity index (χ1) is 9.89. The first kappa shape index (κ1) is 17.9. The SMILES string of the molecule is CCCC[N+](CCCC)(c1cc(N)c(C)c(N)c1)S(=O)O. The molecule has 5 N–H and O–H groups in total. The van der Waals surface area contributed by atoms with Gasteiger partial charge in [0, 0.05) is 23.5 Å². The fraction of sp³-hybridized carbons (Fsp3) is 0.600. The summed E-state index contributed by atoms with van der Waals surface area (Å²) in [6.45, 7) is 7.24. The van der Waals surface area contributed by atoms with E-state index in [1.54, 1.807) is 12.1 Å². The van der Waals surface area contributed by atoms with Gasteiger partial charge in [-0.15, -0.1) is 0 Å². The Morgan fingerprint density at radius 3 is 1.86 bits per heavy atom. The van der Waals surface area contributed by atoms with Crippen LogP contribution in [0.3, 0.4) is 0 Å². The first-order valence-electron chi connectivity index (χ1n) is 7.53. The number of unbranched alkanes of at least 4 members (excludes halogenated alkanes) is 2. The lowest BCUT2D eigenvalue weighted by atomic mass is 10.1. The Bertz CT molecular complexity index is 475. The van der Waals surface area contributed by atoms with E-state index < -0.39 is 11.3 Å². The van der Waals surface area contributed by atoms with Gasteiger partial charge < -0.3 is 11.5 Å². The average Bonchev–Trinajstić information content (AvgIpc) is 2.44. The van der Waals surface area contributed by atoms with Crippen LogP contribution in [0.1, 0.15) is 45.1 Å². The molecule has 0 saturated carbocycles. The van der Waals surface area contributed by atoms with Crippen molar-refractivity contribution in [2.45, 2.75) is 46.5 Å². The molecule has 1 atom stereocenters. The van der Waals surface area contributed by atoms with Crippen LogP contribution in [-0.4, -0.2) is 21.9 Å². The molecule has 1 unspecified atom stereocenters. The number of quaternary nitrogens is 1. The summed E-state index contributed by atoms with van der Waals surface area (Å²) in [6.07, 6.45) is 3.70. The Morgan fingerprint density at radius 1 is 1.10 bits per heavy atom. The maximum atomic E-state index is 12.1. The van der Waals surface area contributed by atoms with Crippen molar-refractivity contribution in [2.75, 3.05) is 24.6 Å². The zero-order valence-electron chi connectivity index (χ0n) is 13.3. The molecular weight excluding hydrogens is 286 g/mol. The highest BCUT2D eigenvalue weighted by atomic mass is 32.2. The molecule has 21 heavy (non-hydrogen) atoms. The van der Waals surface area contributed by atoms with E-state index in [1.165, 1.54) is 0 Å². The van der Waals surface area contributed by atoms with Crippen LogP contribution in [0.4, 0.5) is 17.1 Å². The summed E-state index contributed by atoms with van der Waals surface area (Å²) in [5.74, 6) is 0. The van der Waals surface area contributed by atoms with E-state index in [9.17, 15) is 8.76 Å². The van der Waals surface area contributed by atoms with Gasteiger partial charge in [-0.05, 0) is 25.3 Å². The largest absolute Gasteiger partial charge is 0.398 e. The van der Waals surface area contributed by atoms with Crippen molar-refractivity contribution >= 4 is 28.3 Å². The molecule has 0 amide bonds. The molecule has 1 rings (SSSR count). The van der Waals surface area contributed by atoms with Crippen LogP contribution in [-0.2, 0) is 11.3 Å². The van der Waals surface area contributed by atoms with Crippen LogP contribution < -0.4 is 15.4 Å². The summed E-state index contributed by atoms with van der Waals surface area (Å²) in [7, 11) is 0. The van der Waals surface area contributed by atoms with Crippen molar-refractivity contribution in [3.63, 3.8) is 0 Å². The minimum atomic E-state index is -2.01. The van der Waals surface area contributed by atoms with Gasteiger partial charge in [0.05, 0.1) is 13.1 Å². The van der Waals surface area contributed by atoms with Crippen LogP contribution in [0, 0.1) is 6.92 Å². The third-order valence-corrected chi connectivity index (χ3v) is 5.16. The van der Waals surface area contributed by atoms with Gasteiger partial charge in [-0.1, -0.05) is 26.7 Å². The predicted molar refractivity (Wildman–Crippen MR) is 92.1 cm³/mol. The quantitative estimate of drug-likeness (QED) is 0.390.